The van der Waals surface area contributed by atoms with E-state index in [0.29, 0.717) is 5.75 Å². The second-order valence-corrected chi connectivity index (χ2v) is 5.01. The Labute approximate surface area is 121 Å². The van der Waals surface area contributed by atoms with Gasteiger partial charge in [0.15, 0.2) is 0 Å². The standard InChI is InChI=1S/C16H16F3NO/c1-9-4-5-10(2)15(11(9)3)21-14-7-6-12(8-13(14)20)16(17,18)19/h4-8H,20H2,1-3H3. The number of aryl methyl sites for hydroxylation is 2. The third kappa shape index (κ3) is 3.12. The van der Waals surface area contributed by atoms with E-state index >= 15 is 0 Å². The van der Waals surface area contributed by atoms with Crippen LogP contribution < -0.4 is 10.5 Å². The fourth-order valence-corrected chi connectivity index (χ4v) is 2.01. The van der Waals surface area contributed by atoms with Gasteiger partial charge < -0.3 is 10.5 Å². The van der Waals surface area contributed by atoms with Crippen LogP contribution in [0.15, 0.2) is 30.3 Å². The van der Waals surface area contributed by atoms with Crippen molar-refractivity contribution >= 4 is 5.69 Å². The molecule has 0 fully saturated rings. The van der Waals surface area contributed by atoms with Crippen molar-refractivity contribution in [2.75, 3.05) is 5.73 Å². The fraction of sp³-hybridized carbons (Fsp3) is 0.250. The average Bonchev–Trinajstić information content (AvgIpc) is 2.39. The van der Waals surface area contributed by atoms with Crippen molar-refractivity contribution in [3.63, 3.8) is 0 Å². The second-order valence-electron chi connectivity index (χ2n) is 5.01. The molecule has 0 radical (unpaired) electrons. The highest BCUT2D eigenvalue weighted by molar-refractivity contribution is 5.58. The number of nitrogens with two attached hydrogens (primary N) is 1. The van der Waals surface area contributed by atoms with Gasteiger partial charge in [0.05, 0.1) is 11.3 Å². The molecular formula is C16H16F3NO. The Morgan fingerprint density at radius 3 is 2.14 bits per heavy atom. The number of ether oxygens (including phenoxy) is 1. The zero-order valence-corrected chi connectivity index (χ0v) is 12.0. The predicted octanol–water partition coefficient (Wildman–Crippen LogP) is 5.01. The minimum absolute atomic E-state index is 0.0369. The molecule has 5 heteroatoms. The third-order valence-electron chi connectivity index (χ3n) is 3.42. The number of benzene rings is 2. The molecule has 0 aliphatic heterocycles. The monoisotopic (exact) mass is 295 g/mol. The van der Waals surface area contributed by atoms with Crippen molar-refractivity contribution in [3.8, 4) is 11.5 Å². The van der Waals surface area contributed by atoms with Gasteiger partial charge in [-0.2, -0.15) is 13.2 Å². The maximum Gasteiger partial charge on any atom is 0.416 e. The zero-order valence-electron chi connectivity index (χ0n) is 12.0. The summed E-state index contributed by atoms with van der Waals surface area (Å²) in [6.07, 6.45) is -4.41. The van der Waals surface area contributed by atoms with E-state index in [1.54, 1.807) is 0 Å². The highest BCUT2D eigenvalue weighted by Gasteiger charge is 2.31. The Morgan fingerprint density at radius 1 is 0.952 bits per heavy atom. The summed E-state index contributed by atoms with van der Waals surface area (Å²) >= 11 is 0. The van der Waals surface area contributed by atoms with E-state index in [1.165, 1.54) is 6.07 Å². The summed E-state index contributed by atoms with van der Waals surface area (Å²) in [5.74, 6) is 0.848. The van der Waals surface area contributed by atoms with Gasteiger partial charge in [-0.25, -0.2) is 0 Å². The molecule has 2 aromatic carbocycles. The molecular weight excluding hydrogens is 279 g/mol. The van der Waals surface area contributed by atoms with Gasteiger partial charge in [-0.3, -0.25) is 0 Å². The minimum atomic E-state index is -4.41. The van der Waals surface area contributed by atoms with Crippen LogP contribution >= 0.6 is 0 Å². The van der Waals surface area contributed by atoms with Crippen LogP contribution in [0.5, 0.6) is 11.5 Å². The van der Waals surface area contributed by atoms with Crippen LogP contribution in [-0.4, -0.2) is 0 Å². The van der Waals surface area contributed by atoms with Gasteiger partial charge in [-0.05, 0) is 55.7 Å². The summed E-state index contributed by atoms with van der Waals surface area (Å²) in [6, 6.07) is 6.97. The average molecular weight is 295 g/mol. The Bertz CT molecular complexity index is 678. The van der Waals surface area contributed by atoms with Gasteiger partial charge in [0.1, 0.15) is 11.5 Å². The molecule has 2 N–H and O–H groups in total. The number of alkyl halides is 3. The molecule has 0 heterocycles. The number of anilines is 1. The van der Waals surface area contributed by atoms with Crippen LogP contribution in [0.4, 0.5) is 18.9 Å². The molecule has 0 aliphatic rings. The van der Waals surface area contributed by atoms with Crippen molar-refractivity contribution in [3.05, 3.63) is 52.6 Å². The van der Waals surface area contributed by atoms with E-state index in [1.807, 2.05) is 32.9 Å². The van der Waals surface area contributed by atoms with Crippen molar-refractivity contribution in [2.24, 2.45) is 0 Å². The van der Waals surface area contributed by atoms with Gasteiger partial charge in [-0.15, -0.1) is 0 Å². The molecule has 21 heavy (non-hydrogen) atoms. The lowest BCUT2D eigenvalue weighted by Gasteiger charge is -2.16. The van der Waals surface area contributed by atoms with Crippen LogP contribution in [0, 0.1) is 20.8 Å². The molecule has 0 unspecified atom stereocenters. The Kier molecular flexibility index (Phi) is 3.85. The molecule has 0 aromatic heterocycles. The van der Waals surface area contributed by atoms with Crippen LogP contribution in [0.3, 0.4) is 0 Å². The number of hydrogen-bond donors (Lipinski definition) is 1. The lowest BCUT2D eigenvalue weighted by molar-refractivity contribution is -0.137. The van der Waals surface area contributed by atoms with Crippen LogP contribution in [0.1, 0.15) is 22.3 Å². The van der Waals surface area contributed by atoms with E-state index < -0.39 is 11.7 Å². The highest BCUT2D eigenvalue weighted by atomic mass is 19.4. The predicted molar refractivity (Wildman–Crippen MR) is 76.6 cm³/mol. The summed E-state index contributed by atoms with van der Waals surface area (Å²) in [5, 5.41) is 0. The first-order valence-electron chi connectivity index (χ1n) is 6.41. The van der Waals surface area contributed by atoms with Gasteiger partial charge in [0.2, 0.25) is 0 Å². The first kappa shape index (κ1) is 15.2. The summed E-state index contributed by atoms with van der Waals surface area (Å²) < 4.78 is 43.6. The van der Waals surface area contributed by atoms with Crippen molar-refractivity contribution in [1.82, 2.24) is 0 Å². The lowest BCUT2D eigenvalue weighted by atomic mass is 10.1. The van der Waals surface area contributed by atoms with E-state index in [0.717, 1.165) is 28.8 Å². The van der Waals surface area contributed by atoms with Crippen molar-refractivity contribution in [2.45, 2.75) is 26.9 Å². The smallest absolute Gasteiger partial charge is 0.416 e. The maximum absolute atomic E-state index is 12.6. The van der Waals surface area contributed by atoms with Crippen molar-refractivity contribution in [1.29, 1.82) is 0 Å². The van der Waals surface area contributed by atoms with Crippen LogP contribution in [-0.2, 0) is 6.18 Å². The normalized spacial score (nSPS) is 11.5. The molecule has 2 aromatic rings. The number of hydrogen-bond acceptors (Lipinski definition) is 2. The first-order chi connectivity index (χ1) is 9.70. The quantitative estimate of drug-likeness (QED) is 0.791. The molecule has 0 amide bonds. The van der Waals surface area contributed by atoms with E-state index in [9.17, 15) is 13.2 Å². The Morgan fingerprint density at radius 2 is 1.57 bits per heavy atom. The fourth-order valence-electron chi connectivity index (χ4n) is 2.01. The molecule has 0 bridgehead atoms. The molecule has 0 atom stereocenters. The number of nitrogen functional groups attached to an aromatic ring is 1. The van der Waals surface area contributed by atoms with Crippen LogP contribution in [0.2, 0.25) is 0 Å². The van der Waals surface area contributed by atoms with Gasteiger partial charge in [0, 0.05) is 0 Å². The SMILES string of the molecule is Cc1ccc(C)c(Oc2ccc(C(F)(F)F)cc2N)c1C. The minimum Gasteiger partial charge on any atom is -0.455 e. The van der Waals surface area contributed by atoms with E-state index in [4.69, 9.17) is 10.5 Å². The maximum atomic E-state index is 12.6. The van der Waals surface area contributed by atoms with Crippen molar-refractivity contribution < 1.29 is 17.9 Å². The lowest BCUT2D eigenvalue weighted by Crippen LogP contribution is -2.06. The number of halogens is 3. The molecule has 2 nitrogen and oxygen atoms in total. The molecule has 0 spiro atoms. The second kappa shape index (κ2) is 5.31. The van der Waals surface area contributed by atoms with Crippen LogP contribution in [0.25, 0.3) is 0 Å². The summed E-state index contributed by atoms with van der Waals surface area (Å²) in [7, 11) is 0. The molecule has 112 valence electrons. The van der Waals surface area contributed by atoms with E-state index in [2.05, 4.69) is 0 Å². The van der Waals surface area contributed by atoms with Gasteiger partial charge in [-0.1, -0.05) is 12.1 Å². The molecule has 0 saturated heterocycles. The molecule has 2 rings (SSSR count). The summed E-state index contributed by atoms with van der Waals surface area (Å²) in [6.45, 7) is 5.72. The summed E-state index contributed by atoms with van der Waals surface area (Å²) in [4.78, 5) is 0. The Hall–Kier alpha value is -2.17. The number of rotatable bonds is 2. The highest BCUT2D eigenvalue weighted by Crippen LogP contribution is 2.37. The van der Waals surface area contributed by atoms with Gasteiger partial charge in [0.25, 0.3) is 0 Å². The zero-order chi connectivity index (χ0) is 15.8. The summed E-state index contributed by atoms with van der Waals surface area (Å²) in [5.41, 5.74) is 7.74. The van der Waals surface area contributed by atoms with E-state index in [-0.39, 0.29) is 11.4 Å². The topological polar surface area (TPSA) is 35.2 Å². The molecule has 0 saturated carbocycles. The van der Waals surface area contributed by atoms with Gasteiger partial charge >= 0.3 is 6.18 Å². The third-order valence-corrected chi connectivity index (χ3v) is 3.42. The molecule has 0 aliphatic carbocycles. The Balaban J connectivity index is 2.40. The first-order valence-corrected chi connectivity index (χ1v) is 6.41. The largest absolute Gasteiger partial charge is 0.455 e.